The third kappa shape index (κ3) is 5.25. The van der Waals surface area contributed by atoms with Crippen LogP contribution in [0.3, 0.4) is 0 Å². The van der Waals surface area contributed by atoms with Gasteiger partial charge in [0, 0.05) is 30.3 Å². The lowest BCUT2D eigenvalue weighted by molar-refractivity contribution is -0.184. The molecular weight excluding hydrogens is 477 g/mol. The number of hydrogen-bond acceptors (Lipinski definition) is 5. The molecule has 5 aliphatic carbocycles. The van der Waals surface area contributed by atoms with Crippen LogP contribution in [0.25, 0.3) is 0 Å². The zero-order valence-corrected chi connectivity index (χ0v) is 21.7. The Labute approximate surface area is 211 Å². The molecule has 1 saturated heterocycles. The highest BCUT2D eigenvalue weighted by Gasteiger charge is 2.72. The van der Waals surface area contributed by atoms with E-state index in [0.717, 1.165) is 17.6 Å². The van der Waals surface area contributed by atoms with Crippen LogP contribution in [0.2, 0.25) is 0 Å². The lowest BCUT2D eigenvalue weighted by Gasteiger charge is -2.69. The van der Waals surface area contributed by atoms with E-state index in [2.05, 4.69) is 22.9 Å². The van der Waals surface area contributed by atoms with Crippen LogP contribution < -0.4 is 16.0 Å². The Morgan fingerprint density at radius 1 is 1.18 bits per heavy atom. The van der Waals surface area contributed by atoms with Crippen molar-refractivity contribution in [1.29, 1.82) is 0 Å². The highest BCUT2D eigenvalue weighted by molar-refractivity contribution is 8.00. The predicted molar refractivity (Wildman–Crippen MR) is 133 cm³/mol. The first-order chi connectivity index (χ1) is 16.3. The highest BCUT2D eigenvalue weighted by atomic mass is 35.5. The van der Waals surface area contributed by atoms with Crippen molar-refractivity contribution in [3.05, 3.63) is 0 Å². The molecule has 2 amide bonds. The van der Waals surface area contributed by atoms with E-state index in [0.29, 0.717) is 50.1 Å². The normalized spacial score (nSPS) is 45.7. The number of hydrogen-bond donors (Lipinski definition) is 3. The minimum absolute atomic E-state index is 0.0583. The lowest BCUT2D eigenvalue weighted by atomic mass is 9.39. The first-order valence-electron chi connectivity index (χ1n) is 13.1. The Balaban J connectivity index is 0.977. The van der Waals surface area contributed by atoms with Gasteiger partial charge in [-0.1, -0.05) is 19.8 Å². The molecule has 0 aromatic rings. The standard InChI is InChI=1S/C25H39ClFN3O3S/c1-15-3-2-4-16(7-15)22-29-17(11-34-22)9-28-23(32)24-12-25(13-24,14-24)30-21(31)10-33-18-5-6-19(26)20(27)8-18/h15-20,22,29H,2-14H2,1H3,(H,28,32)(H,30,31). The molecule has 6 fully saturated rings. The quantitative estimate of drug-likeness (QED) is 0.431. The molecule has 7 atom stereocenters. The molecule has 0 aromatic heterocycles. The SMILES string of the molecule is CC1CCCC(C2NC(CNC(=O)C34CC(NC(=O)COC5CCC(Cl)C(F)C5)(C3)C4)CS2)C1. The molecule has 7 unspecified atom stereocenters. The highest BCUT2D eigenvalue weighted by Crippen LogP contribution is 2.67. The van der Waals surface area contributed by atoms with Crippen LogP contribution in [-0.4, -0.2) is 65.3 Å². The third-order valence-electron chi connectivity index (χ3n) is 8.80. The largest absolute Gasteiger partial charge is 0.368 e. The Kier molecular flexibility index (Phi) is 7.43. The molecule has 6 nitrogen and oxygen atoms in total. The van der Waals surface area contributed by atoms with Crippen molar-refractivity contribution in [2.45, 2.75) is 106 Å². The molecule has 1 heterocycles. The minimum Gasteiger partial charge on any atom is -0.368 e. The van der Waals surface area contributed by atoms with Crippen LogP contribution in [0, 0.1) is 17.3 Å². The van der Waals surface area contributed by atoms with Gasteiger partial charge in [-0.05, 0) is 56.8 Å². The zero-order valence-electron chi connectivity index (χ0n) is 20.1. The van der Waals surface area contributed by atoms with E-state index >= 15 is 0 Å². The van der Waals surface area contributed by atoms with Gasteiger partial charge in [0.2, 0.25) is 11.8 Å². The fourth-order valence-electron chi connectivity index (χ4n) is 6.98. The van der Waals surface area contributed by atoms with E-state index in [1.807, 2.05) is 11.8 Å². The number of ether oxygens (including phenoxy) is 1. The van der Waals surface area contributed by atoms with Gasteiger partial charge in [0.05, 0.1) is 22.3 Å². The van der Waals surface area contributed by atoms with Crippen molar-refractivity contribution in [1.82, 2.24) is 16.0 Å². The van der Waals surface area contributed by atoms with Crippen LogP contribution in [0.15, 0.2) is 0 Å². The van der Waals surface area contributed by atoms with Gasteiger partial charge in [-0.25, -0.2) is 4.39 Å². The monoisotopic (exact) mass is 515 g/mol. The summed E-state index contributed by atoms with van der Waals surface area (Å²) in [5, 5.41) is 10.1. The molecule has 9 heteroatoms. The summed E-state index contributed by atoms with van der Waals surface area (Å²) < 4.78 is 19.4. The molecule has 0 aromatic carbocycles. The Morgan fingerprint density at radius 2 is 1.97 bits per heavy atom. The molecule has 34 heavy (non-hydrogen) atoms. The number of halogens is 2. The summed E-state index contributed by atoms with van der Waals surface area (Å²) in [5.41, 5.74) is -0.559. The van der Waals surface area contributed by atoms with Crippen molar-refractivity contribution in [3.63, 3.8) is 0 Å². The second-order valence-electron chi connectivity index (χ2n) is 11.8. The summed E-state index contributed by atoms with van der Waals surface area (Å²) in [7, 11) is 0. The summed E-state index contributed by atoms with van der Waals surface area (Å²) >= 11 is 7.93. The molecular formula is C25H39ClFN3O3S. The van der Waals surface area contributed by atoms with Gasteiger partial charge in [0.15, 0.2) is 0 Å². The Morgan fingerprint density at radius 3 is 2.71 bits per heavy atom. The maximum absolute atomic E-state index is 13.7. The number of alkyl halides is 2. The van der Waals surface area contributed by atoms with E-state index in [1.165, 1.54) is 25.7 Å². The van der Waals surface area contributed by atoms with Crippen molar-refractivity contribution in [3.8, 4) is 0 Å². The second kappa shape index (κ2) is 10.1. The van der Waals surface area contributed by atoms with Gasteiger partial charge >= 0.3 is 0 Å². The van der Waals surface area contributed by atoms with Crippen LogP contribution in [0.1, 0.15) is 71.1 Å². The molecule has 192 valence electrons. The third-order valence-corrected chi connectivity index (χ3v) is 10.8. The molecule has 2 bridgehead atoms. The molecule has 0 spiro atoms. The Hall–Kier alpha value is -0.570. The van der Waals surface area contributed by atoms with E-state index in [4.69, 9.17) is 16.3 Å². The van der Waals surface area contributed by atoms with Crippen molar-refractivity contribution in [2.75, 3.05) is 18.9 Å². The predicted octanol–water partition coefficient (Wildman–Crippen LogP) is 3.51. The van der Waals surface area contributed by atoms with E-state index in [9.17, 15) is 14.0 Å². The van der Waals surface area contributed by atoms with E-state index in [1.54, 1.807) is 0 Å². The van der Waals surface area contributed by atoms with Crippen molar-refractivity contribution < 1.29 is 18.7 Å². The van der Waals surface area contributed by atoms with Crippen LogP contribution in [0.5, 0.6) is 0 Å². The van der Waals surface area contributed by atoms with E-state index in [-0.39, 0.29) is 41.9 Å². The fourth-order valence-corrected chi connectivity index (χ4v) is 8.67. The maximum Gasteiger partial charge on any atom is 0.246 e. The number of carbonyl (C=O) groups is 2. The number of nitrogens with one attached hydrogen (secondary N) is 3. The summed E-state index contributed by atoms with van der Waals surface area (Å²) in [4.78, 5) is 25.2. The summed E-state index contributed by atoms with van der Waals surface area (Å²) in [6, 6.07) is 0.340. The van der Waals surface area contributed by atoms with Crippen LogP contribution >= 0.6 is 23.4 Å². The smallest absolute Gasteiger partial charge is 0.246 e. The van der Waals surface area contributed by atoms with Gasteiger partial charge in [-0.3, -0.25) is 14.9 Å². The van der Waals surface area contributed by atoms with Crippen LogP contribution in [-0.2, 0) is 14.3 Å². The van der Waals surface area contributed by atoms with Crippen molar-refractivity contribution in [2.24, 2.45) is 17.3 Å². The summed E-state index contributed by atoms with van der Waals surface area (Å²) in [6.45, 7) is 2.99. The number of carbonyl (C=O) groups excluding carboxylic acids is 2. The fraction of sp³-hybridized carbons (Fsp3) is 0.920. The van der Waals surface area contributed by atoms with Crippen LogP contribution in [0.4, 0.5) is 4.39 Å². The second-order valence-corrected chi connectivity index (χ2v) is 13.5. The molecule has 6 aliphatic rings. The molecule has 0 radical (unpaired) electrons. The Bertz CT molecular complexity index is 769. The van der Waals surface area contributed by atoms with Gasteiger partial charge in [0.1, 0.15) is 12.8 Å². The van der Waals surface area contributed by atoms with E-state index < -0.39 is 11.5 Å². The number of rotatable bonds is 8. The molecule has 1 aliphatic heterocycles. The number of amides is 2. The van der Waals surface area contributed by atoms with Gasteiger partial charge in [-0.2, -0.15) is 0 Å². The lowest BCUT2D eigenvalue weighted by Crippen LogP contribution is -2.78. The van der Waals surface area contributed by atoms with Gasteiger partial charge < -0.3 is 15.4 Å². The zero-order chi connectivity index (χ0) is 23.9. The first kappa shape index (κ1) is 25.1. The minimum atomic E-state index is -1.07. The van der Waals surface area contributed by atoms with Gasteiger partial charge in [-0.15, -0.1) is 23.4 Å². The first-order valence-corrected chi connectivity index (χ1v) is 14.6. The maximum atomic E-state index is 13.7. The van der Waals surface area contributed by atoms with Crippen molar-refractivity contribution >= 4 is 35.2 Å². The van der Waals surface area contributed by atoms with Gasteiger partial charge in [0.25, 0.3) is 0 Å². The number of thioether (sulfide) groups is 1. The topological polar surface area (TPSA) is 79.5 Å². The molecule has 3 N–H and O–H groups in total. The average Bonchev–Trinajstić information content (AvgIpc) is 3.23. The summed E-state index contributed by atoms with van der Waals surface area (Å²) in [5.74, 6) is 2.60. The molecule has 5 saturated carbocycles. The average molecular weight is 516 g/mol. The summed E-state index contributed by atoms with van der Waals surface area (Å²) in [6.07, 6.45) is 7.65. The molecule has 6 rings (SSSR count).